The van der Waals surface area contributed by atoms with Gasteiger partial charge in [0.2, 0.25) is 0 Å². The van der Waals surface area contributed by atoms with E-state index < -0.39 is 11.7 Å². The van der Waals surface area contributed by atoms with E-state index in [1.165, 1.54) is 6.07 Å². The van der Waals surface area contributed by atoms with Crippen molar-refractivity contribution in [3.8, 4) is 6.07 Å². The molecule has 0 amide bonds. The fraction of sp³-hybridized carbons (Fsp3) is 0.400. The van der Waals surface area contributed by atoms with Gasteiger partial charge in [0, 0.05) is 12.1 Å². The predicted octanol–water partition coefficient (Wildman–Crippen LogP) is 2.72. The number of halogens is 3. The smallest absolute Gasteiger partial charge is 0.378 e. The molecule has 2 atom stereocenters. The van der Waals surface area contributed by atoms with Gasteiger partial charge in [-0.25, -0.2) is 0 Å². The third-order valence-corrected chi connectivity index (χ3v) is 3.75. The number of nitrogens with zero attached hydrogens (tertiary/aromatic N) is 1. The van der Waals surface area contributed by atoms with Crippen LogP contribution in [0.3, 0.4) is 0 Å². The van der Waals surface area contributed by atoms with Gasteiger partial charge in [0.15, 0.2) is 0 Å². The Morgan fingerprint density at radius 1 is 1.29 bits per heavy atom. The number of morpholine rings is 1. The Morgan fingerprint density at radius 2 is 2.10 bits per heavy atom. The number of nitrogens with one attached hydrogen (secondary N) is 1. The van der Waals surface area contributed by atoms with Crippen molar-refractivity contribution in [1.82, 2.24) is 5.32 Å². The van der Waals surface area contributed by atoms with Gasteiger partial charge in [-0.1, -0.05) is 6.08 Å². The van der Waals surface area contributed by atoms with E-state index in [0.29, 0.717) is 25.2 Å². The first-order valence-electron chi connectivity index (χ1n) is 6.63. The van der Waals surface area contributed by atoms with Crippen LogP contribution in [0.4, 0.5) is 13.2 Å². The zero-order chi connectivity index (χ0) is 15.0. The average Bonchev–Trinajstić information content (AvgIpc) is 2.45. The first kappa shape index (κ1) is 14.1. The summed E-state index contributed by atoms with van der Waals surface area (Å²) < 4.78 is 44.0. The zero-order valence-corrected chi connectivity index (χ0v) is 11.1. The summed E-state index contributed by atoms with van der Waals surface area (Å²) in [5.74, 6) is 0. The molecule has 3 nitrogen and oxygen atoms in total. The number of ether oxygens (including phenoxy) is 1. The van der Waals surface area contributed by atoms with Crippen molar-refractivity contribution < 1.29 is 17.9 Å². The Morgan fingerprint density at radius 3 is 2.76 bits per heavy atom. The van der Waals surface area contributed by atoms with Gasteiger partial charge in [-0.2, -0.15) is 18.4 Å². The molecule has 2 aliphatic heterocycles. The van der Waals surface area contributed by atoms with Crippen LogP contribution < -0.4 is 5.32 Å². The fourth-order valence-electron chi connectivity index (χ4n) is 2.81. The van der Waals surface area contributed by atoms with E-state index >= 15 is 0 Å². The van der Waals surface area contributed by atoms with Crippen LogP contribution in [0.15, 0.2) is 24.3 Å². The molecule has 21 heavy (non-hydrogen) atoms. The molecule has 110 valence electrons. The second-order valence-corrected chi connectivity index (χ2v) is 5.27. The molecule has 6 heteroatoms. The SMILES string of the molecule is N#Cc1ccc(C(F)(F)F)cc1C1=CC2COCC(C1)N2. The van der Waals surface area contributed by atoms with Crippen molar-refractivity contribution in [2.24, 2.45) is 0 Å². The molecule has 1 aromatic rings. The topological polar surface area (TPSA) is 45.0 Å². The molecule has 2 aliphatic rings. The van der Waals surface area contributed by atoms with Gasteiger partial charge in [0.25, 0.3) is 0 Å². The monoisotopic (exact) mass is 294 g/mol. The first-order valence-corrected chi connectivity index (χ1v) is 6.63. The van der Waals surface area contributed by atoms with Crippen molar-refractivity contribution in [3.05, 3.63) is 41.0 Å². The highest BCUT2D eigenvalue weighted by Crippen LogP contribution is 2.35. The van der Waals surface area contributed by atoms with Crippen molar-refractivity contribution in [2.75, 3.05) is 13.2 Å². The number of benzene rings is 1. The van der Waals surface area contributed by atoms with Gasteiger partial charge in [-0.15, -0.1) is 0 Å². The van der Waals surface area contributed by atoms with Crippen molar-refractivity contribution in [1.29, 1.82) is 5.26 Å². The number of hydrogen-bond acceptors (Lipinski definition) is 3. The number of fused-ring (bicyclic) bond motifs is 2. The van der Waals surface area contributed by atoms with Crippen LogP contribution in [-0.2, 0) is 10.9 Å². The minimum absolute atomic E-state index is 0.00594. The normalized spacial score (nSPS) is 25.1. The van der Waals surface area contributed by atoms with E-state index in [4.69, 9.17) is 10.00 Å². The Labute approximate surface area is 120 Å². The fourth-order valence-corrected chi connectivity index (χ4v) is 2.81. The van der Waals surface area contributed by atoms with Crippen LogP contribution in [-0.4, -0.2) is 25.3 Å². The van der Waals surface area contributed by atoms with Crippen molar-refractivity contribution in [2.45, 2.75) is 24.7 Å². The van der Waals surface area contributed by atoms with Crippen LogP contribution in [0, 0.1) is 11.3 Å². The summed E-state index contributed by atoms with van der Waals surface area (Å²) in [5.41, 5.74) is 0.716. The molecule has 0 saturated carbocycles. The van der Waals surface area contributed by atoms with Gasteiger partial charge in [0.05, 0.1) is 30.4 Å². The number of nitriles is 1. The second-order valence-electron chi connectivity index (χ2n) is 5.27. The Kier molecular flexibility index (Phi) is 3.47. The lowest BCUT2D eigenvalue weighted by Gasteiger charge is -2.35. The highest BCUT2D eigenvalue weighted by molar-refractivity contribution is 5.73. The van der Waals surface area contributed by atoms with Crippen molar-refractivity contribution >= 4 is 5.57 Å². The largest absolute Gasteiger partial charge is 0.416 e. The maximum atomic E-state index is 12.9. The number of rotatable bonds is 1. The molecule has 0 aliphatic carbocycles. The standard InChI is InChI=1S/C15H13F3N2O/c16-15(17,18)11-2-1-9(6-19)14(5-11)10-3-12-7-21-8-13(4-10)20-12/h1-3,5,12-13,20H,4,7-8H2. The molecular formula is C15H13F3N2O. The van der Waals surface area contributed by atoms with Crippen LogP contribution >= 0.6 is 0 Å². The van der Waals surface area contributed by atoms with E-state index in [1.807, 2.05) is 12.1 Å². The van der Waals surface area contributed by atoms with E-state index in [1.54, 1.807) is 0 Å². The van der Waals surface area contributed by atoms with E-state index in [-0.39, 0.29) is 17.6 Å². The van der Waals surface area contributed by atoms with Gasteiger partial charge in [0.1, 0.15) is 0 Å². The summed E-state index contributed by atoms with van der Waals surface area (Å²) in [6, 6.07) is 5.33. The van der Waals surface area contributed by atoms with Crippen LogP contribution in [0.2, 0.25) is 0 Å². The Balaban J connectivity index is 2.04. The molecule has 0 spiro atoms. The van der Waals surface area contributed by atoms with E-state index in [2.05, 4.69) is 5.32 Å². The van der Waals surface area contributed by atoms with Gasteiger partial charge >= 0.3 is 6.18 Å². The summed E-state index contributed by atoms with van der Waals surface area (Å²) in [6.07, 6.45) is -1.98. The first-order chi connectivity index (χ1) is 9.97. The lowest BCUT2D eigenvalue weighted by Crippen LogP contribution is -2.50. The molecule has 3 rings (SSSR count). The number of alkyl halides is 3. The molecule has 2 heterocycles. The highest BCUT2D eigenvalue weighted by Gasteiger charge is 2.33. The second kappa shape index (κ2) is 5.17. The summed E-state index contributed by atoms with van der Waals surface area (Å²) in [4.78, 5) is 0. The molecule has 1 N–H and O–H groups in total. The maximum Gasteiger partial charge on any atom is 0.416 e. The van der Waals surface area contributed by atoms with Crippen LogP contribution in [0.25, 0.3) is 5.57 Å². The van der Waals surface area contributed by atoms with Gasteiger partial charge < -0.3 is 10.1 Å². The molecule has 2 bridgehead atoms. The summed E-state index contributed by atoms with van der Waals surface area (Å²) in [5, 5.41) is 12.5. The quantitative estimate of drug-likeness (QED) is 0.866. The molecule has 1 aromatic carbocycles. The average molecular weight is 294 g/mol. The number of hydrogen-bond donors (Lipinski definition) is 1. The van der Waals surface area contributed by atoms with E-state index in [0.717, 1.165) is 17.7 Å². The van der Waals surface area contributed by atoms with Gasteiger partial charge in [-0.05, 0) is 35.8 Å². The lowest BCUT2D eigenvalue weighted by molar-refractivity contribution is -0.137. The summed E-state index contributed by atoms with van der Waals surface area (Å²) in [7, 11) is 0. The third-order valence-electron chi connectivity index (χ3n) is 3.75. The van der Waals surface area contributed by atoms with E-state index in [9.17, 15) is 13.2 Å². The maximum absolute atomic E-state index is 12.9. The Bertz CT molecular complexity index is 631. The third kappa shape index (κ3) is 2.80. The predicted molar refractivity (Wildman–Crippen MR) is 70.3 cm³/mol. The molecule has 1 fully saturated rings. The summed E-state index contributed by atoms with van der Waals surface area (Å²) in [6.45, 7) is 1.04. The molecule has 2 unspecified atom stereocenters. The highest BCUT2D eigenvalue weighted by atomic mass is 19.4. The van der Waals surface area contributed by atoms with Gasteiger partial charge in [-0.3, -0.25) is 0 Å². The van der Waals surface area contributed by atoms with Crippen LogP contribution in [0.1, 0.15) is 23.1 Å². The molecule has 0 radical (unpaired) electrons. The minimum Gasteiger partial charge on any atom is -0.378 e. The molecule has 1 saturated heterocycles. The zero-order valence-electron chi connectivity index (χ0n) is 11.1. The summed E-state index contributed by atoms with van der Waals surface area (Å²) >= 11 is 0. The molecule has 0 aromatic heterocycles. The van der Waals surface area contributed by atoms with Crippen LogP contribution in [0.5, 0.6) is 0 Å². The molecular weight excluding hydrogens is 281 g/mol. The Hall–Kier alpha value is -1.84. The van der Waals surface area contributed by atoms with Crippen molar-refractivity contribution in [3.63, 3.8) is 0 Å². The lowest BCUT2D eigenvalue weighted by atomic mass is 9.88. The minimum atomic E-state index is -4.41.